The van der Waals surface area contributed by atoms with Crippen LogP contribution in [0.4, 0.5) is 5.69 Å². The molecule has 1 aromatic carbocycles. The average molecular weight is 253 g/mol. The predicted octanol–water partition coefficient (Wildman–Crippen LogP) is 3.69. The Kier molecular flexibility index (Phi) is 3.95. The van der Waals surface area contributed by atoms with Crippen LogP contribution in [0.5, 0.6) is 0 Å². The van der Waals surface area contributed by atoms with Crippen LogP contribution in [0.25, 0.3) is 0 Å². The van der Waals surface area contributed by atoms with Crippen LogP contribution in [-0.2, 0) is 6.54 Å². The normalized spacial score (nSPS) is 25.4. The van der Waals surface area contributed by atoms with Gasteiger partial charge in [-0.3, -0.25) is 4.90 Å². The minimum atomic E-state index is 0.651. The van der Waals surface area contributed by atoms with E-state index in [4.69, 9.17) is 17.3 Å². The Morgan fingerprint density at radius 1 is 1.41 bits per heavy atom. The largest absolute Gasteiger partial charge is 0.398 e. The maximum atomic E-state index is 6.03. The highest BCUT2D eigenvalue weighted by Crippen LogP contribution is 2.29. The second-order valence-corrected chi connectivity index (χ2v) is 5.44. The van der Waals surface area contributed by atoms with Crippen LogP contribution in [0.2, 0.25) is 5.02 Å². The molecule has 2 rings (SSSR count). The maximum Gasteiger partial charge on any atom is 0.0410 e. The molecule has 94 valence electrons. The molecule has 2 unspecified atom stereocenters. The minimum absolute atomic E-state index is 0.651. The molecule has 2 atom stereocenters. The lowest BCUT2D eigenvalue weighted by molar-refractivity contribution is 0.190. The number of likely N-dealkylation sites (tertiary alicyclic amines) is 1. The molecule has 17 heavy (non-hydrogen) atoms. The molecule has 1 saturated heterocycles. The van der Waals surface area contributed by atoms with Crippen LogP contribution < -0.4 is 5.73 Å². The van der Waals surface area contributed by atoms with Gasteiger partial charge in [-0.1, -0.05) is 18.5 Å². The number of nitrogens with two attached hydrogens (primary N) is 1. The summed E-state index contributed by atoms with van der Waals surface area (Å²) >= 11 is 6.03. The maximum absolute atomic E-state index is 6.03. The van der Waals surface area contributed by atoms with Crippen molar-refractivity contribution < 1.29 is 0 Å². The first-order chi connectivity index (χ1) is 8.11. The SMILES string of the molecule is CCC1CCC(C)N1Cc1cc(Cl)ccc1N. The first-order valence-corrected chi connectivity index (χ1v) is 6.79. The van der Waals surface area contributed by atoms with E-state index in [-0.39, 0.29) is 0 Å². The molecule has 1 aromatic rings. The average Bonchev–Trinajstić information content (AvgIpc) is 2.65. The topological polar surface area (TPSA) is 29.3 Å². The van der Waals surface area contributed by atoms with E-state index in [1.807, 2.05) is 18.2 Å². The molecule has 2 nitrogen and oxygen atoms in total. The summed E-state index contributed by atoms with van der Waals surface area (Å²) < 4.78 is 0. The van der Waals surface area contributed by atoms with Gasteiger partial charge in [0.1, 0.15) is 0 Å². The Labute approximate surface area is 109 Å². The molecule has 3 heteroatoms. The molecular formula is C14H21ClN2. The highest BCUT2D eigenvalue weighted by molar-refractivity contribution is 6.30. The summed E-state index contributed by atoms with van der Waals surface area (Å²) in [5.74, 6) is 0. The Morgan fingerprint density at radius 3 is 2.88 bits per heavy atom. The number of halogens is 1. The zero-order chi connectivity index (χ0) is 12.4. The third kappa shape index (κ3) is 2.75. The van der Waals surface area contributed by atoms with Crippen molar-refractivity contribution in [2.45, 2.75) is 51.7 Å². The summed E-state index contributed by atoms with van der Waals surface area (Å²) in [6, 6.07) is 7.10. The van der Waals surface area contributed by atoms with Crippen molar-refractivity contribution >= 4 is 17.3 Å². The first-order valence-electron chi connectivity index (χ1n) is 6.41. The number of benzene rings is 1. The molecule has 0 spiro atoms. The van der Waals surface area contributed by atoms with E-state index in [0.29, 0.717) is 12.1 Å². The number of rotatable bonds is 3. The third-order valence-corrected chi connectivity index (χ3v) is 4.12. The van der Waals surface area contributed by atoms with E-state index in [9.17, 15) is 0 Å². The van der Waals surface area contributed by atoms with Crippen LogP contribution in [0.1, 0.15) is 38.7 Å². The van der Waals surface area contributed by atoms with Crippen LogP contribution in [0.3, 0.4) is 0 Å². The van der Waals surface area contributed by atoms with Gasteiger partial charge in [-0.05, 0) is 49.9 Å². The first kappa shape index (κ1) is 12.7. The van der Waals surface area contributed by atoms with E-state index >= 15 is 0 Å². The lowest BCUT2D eigenvalue weighted by Crippen LogP contribution is -2.33. The molecule has 0 aliphatic carbocycles. The fourth-order valence-electron chi connectivity index (χ4n) is 2.76. The van der Waals surface area contributed by atoms with Crippen molar-refractivity contribution in [2.24, 2.45) is 0 Å². The Hall–Kier alpha value is -0.730. The van der Waals surface area contributed by atoms with Gasteiger partial charge in [-0.2, -0.15) is 0 Å². The second kappa shape index (κ2) is 5.28. The van der Waals surface area contributed by atoms with E-state index < -0.39 is 0 Å². The quantitative estimate of drug-likeness (QED) is 0.832. The molecule has 1 fully saturated rings. The molecule has 0 amide bonds. The van der Waals surface area contributed by atoms with E-state index in [1.54, 1.807) is 0 Å². The monoisotopic (exact) mass is 252 g/mol. The molecule has 2 N–H and O–H groups in total. The van der Waals surface area contributed by atoms with Crippen LogP contribution in [0.15, 0.2) is 18.2 Å². The minimum Gasteiger partial charge on any atom is -0.398 e. The second-order valence-electron chi connectivity index (χ2n) is 5.00. The standard InChI is InChI=1S/C14H21ClN2/c1-3-13-6-4-10(2)17(13)9-11-8-12(15)5-7-14(11)16/h5,7-8,10,13H,3-4,6,9,16H2,1-2H3. The van der Waals surface area contributed by atoms with Crippen molar-refractivity contribution in [2.75, 3.05) is 5.73 Å². The van der Waals surface area contributed by atoms with Gasteiger partial charge in [0.15, 0.2) is 0 Å². The van der Waals surface area contributed by atoms with Gasteiger partial charge in [-0.25, -0.2) is 0 Å². The van der Waals surface area contributed by atoms with Gasteiger partial charge < -0.3 is 5.73 Å². The molecule has 0 bridgehead atoms. The summed E-state index contributed by atoms with van der Waals surface area (Å²) in [7, 11) is 0. The molecule has 0 saturated carbocycles. The summed E-state index contributed by atoms with van der Waals surface area (Å²) in [4.78, 5) is 2.56. The fraction of sp³-hybridized carbons (Fsp3) is 0.571. The lowest BCUT2D eigenvalue weighted by atomic mass is 10.1. The van der Waals surface area contributed by atoms with Crippen molar-refractivity contribution in [1.82, 2.24) is 4.90 Å². The Morgan fingerprint density at radius 2 is 2.18 bits per heavy atom. The van der Waals surface area contributed by atoms with Crippen LogP contribution in [0, 0.1) is 0 Å². The highest BCUT2D eigenvalue weighted by Gasteiger charge is 2.29. The van der Waals surface area contributed by atoms with E-state index in [0.717, 1.165) is 22.8 Å². The molecular weight excluding hydrogens is 232 g/mol. The highest BCUT2D eigenvalue weighted by atomic mass is 35.5. The molecule has 0 aromatic heterocycles. The fourth-order valence-corrected chi connectivity index (χ4v) is 2.95. The molecule has 1 aliphatic heterocycles. The Bertz CT molecular complexity index is 392. The van der Waals surface area contributed by atoms with E-state index in [2.05, 4.69) is 18.7 Å². The zero-order valence-electron chi connectivity index (χ0n) is 10.6. The number of hydrogen-bond donors (Lipinski definition) is 1. The van der Waals surface area contributed by atoms with Gasteiger partial charge in [0.05, 0.1) is 0 Å². The Balaban J connectivity index is 2.16. The molecule has 0 radical (unpaired) electrons. The van der Waals surface area contributed by atoms with Gasteiger partial charge in [0.25, 0.3) is 0 Å². The summed E-state index contributed by atoms with van der Waals surface area (Å²) in [6.07, 6.45) is 3.81. The molecule has 1 aliphatic rings. The predicted molar refractivity (Wildman–Crippen MR) is 74.2 cm³/mol. The van der Waals surface area contributed by atoms with Gasteiger partial charge in [0.2, 0.25) is 0 Å². The summed E-state index contributed by atoms with van der Waals surface area (Å²) in [5, 5.41) is 0.772. The number of nitrogens with zero attached hydrogens (tertiary/aromatic N) is 1. The van der Waals surface area contributed by atoms with Gasteiger partial charge in [0, 0.05) is 29.3 Å². The lowest BCUT2D eigenvalue weighted by Gasteiger charge is -2.28. The number of nitrogen functional groups attached to an aromatic ring is 1. The third-order valence-electron chi connectivity index (χ3n) is 3.88. The zero-order valence-corrected chi connectivity index (χ0v) is 11.4. The summed E-state index contributed by atoms with van der Waals surface area (Å²) in [6.45, 7) is 5.49. The molecule has 1 heterocycles. The van der Waals surface area contributed by atoms with Crippen molar-refractivity contribution in [3.8, 4) is 0 Å². The van der Waals surface area contributed by atoms with Crippen molar-refractivity contribution in [3.63, 3.8) is 0 Å². The van der Waals surface area contributed by atoms with Crippen LogP contribution in [-0.4, -0.2) is 17.0 Å². The van der Waals surface area contributed by atoms with E-state index in [1.165, 1.54) is 19.3 Å². The van der Waals surface area contributed by atoms with Crippen molar-refractivity contribution in [1.29, 1.82) is 0 Å². The van der Waals surface area contributed by atoms with Gasteiger partial charge >= 0.3 is 0 Å². The summed E-state index contributed by atoms with van der Waals surface area (Å²) in [5.41, 5.74) is 8.02. The van der Waals surface area contributed by atoms with Gasteiger partial charge in [-0.15, -0.1) is 0 Å². The smallest absolute Gasteiger partial charge is 0.0410 e. The number of anilines is 1. The van der Waals surface area contributed by atoms with Crippen LogP contribution >= 0.6 is 11.6 Å². The number of hydrogen-bond acceptors (Lipinski definition) is 2. The van der Waals surface area contributed by atoms with Crippen molar-refractivity contribution in [3.05, 3.63) is 28.8 Å².